The number of rotatable bonds is 10. The minimum atomic E-state index is -0.816. The Kier molecular flexibility index (Phi) is 8.17. The summed E-state index contributed by atoms with van der Waals surface area (Å²) in [6, 6.07) is 11.0. The van der Waals surface area contributed by atoms with E-state index in [2.05, 4.69) is 0 Å². The number of likely N-dealkylation sites (N-methyl/N-ethyl adjacent to an activating group) is 1. The molecule has 1 amide bonds. The van der Waals surface area contributed by atoms with Crippen LogP contribution >= 0.6 is 0 Å². The number of nitrogens with one attached hydrogen (secondary N) is 1. The minimum Gasteiger partial charge on any atom is -0.872 e. The number of nitrogens with zero attached hydrogens (tertiary/aromatic N) is 1. The van der Waals surface area contributed by atoms with Gasteiger partial charge in [0.25, 0.3) is 5.91 Å². The van der Waals surface area contributed by atoms with Crippen LogP contribution in [0.3, 0.4) is 0 Å². The molecule has 0 aliphatic carbocycles. The fraction of sp³-hybridized carbons (Fsp3) is 0.385. The van der Waals surface area contributed by atoms with E-state index in [0.29, 0.717) is 54.7 Å². The van der Waals surface area contributed by atoms with Crippen LogP contribution in [0.15, 0.2) is 48.0 Å². The van der Waals surface area contributed by atoms with Gasteiger partial charge in [-0.1, -0.05) is 24.0 Å². The molecule has 0 radical (unpaired) electrons. The van der Waals surface area contributed by atoms with Gasteiger partial charge in [0.2, 0.25) is 5.78 Å². The van der Waals surface area contributed by atoms with Crippen LogP contribution < -0.4 is 24.2 Å². The summed E-state index contributed by atoms with van der Waals surface area (Å²) in [5.74, 6) is -0.256. The van der Waals surface area contributed by atoms with Gasteiger partial charge in [0.05, 0.1) is 53.6 Å². The number of carbonyl (C=O) groups is 2. The van der Waals surface area contributed by atoms with Crippen molar-refractivity contribution >= 4 is 17.4 Å². The molecule has 1 fully saturated rings. The van der Waals surface area contributed by atoms with Crippen molar-refractivity contribution in [1.82, 2.24) is 4.90 Å². The number of Topliss-reactive ketones (excluding diaryl/α,β-unsaturated/α-hetero) is 1. The van der Waals surface area contributed by atoms with Crippen LogP contribution in [0.1, 0.15) is 31.0 Å². The second-order valence-corrected chi connectivity index (χ2v) is 8.23. The Morgan fingerprint density at radius 2 is 1.65 bits per heavy atom. The third-order valence-corrected chi connectivity index (χ3v) is 5.62. The first-order valence-corrected chi connectivity index (χ1v) is 11.4. The van der Waals surface area contributed by atoms with Crippen LogP contribution in [0, 0.1) is 0 Å². The van der Waals surface area contributed by atoms with Crippen LogP contribution in [0.4, 0.5) is 0 Å². The third kappa shape index (κ3) is 5.17. The van der Waals surface area contributed by atoms with Gasteiger partial charge >= 0.3 is 0 Å². The maximum Gasteiger partial charge on any atom is 0.295 e. The minimum absolute atomic E-state index is 0.0597. The van der Waals surface area contributed by atoms with Gasteiger partial charge in [0.1, 0.15) is 5.75 Å². The molecule has 8 heteroatoms. The Balaban J connectivity index is 2.16. The van der Waals surface area contributed by atoms with E-state index in [9.17, 15) is 14.7 Å². The van der Waals surface area contributed by atoms with Gasteiger partial charge in [-0.25, -0.2) is 0 Å². The average molecular weight is 469 g/mol. The number of carbonyl (C=O) groups excluding carboxylic acids is 2. The fourth-order valence-electron chi connectivity index (χ4n) is 3.93. The number of amides is 1. The van der Waals surface area contributed by atoms with E-state index >= 15 is 0 Å². The lowest BCUT2D eigenvalue weighted by Gasteiger charge is -2.28. The average Bonchev–Trinajstić information content (AvgIpc) is 3.08. The van der Waals surface area contributed by atoms with Gasteiger partial charge in [-0.3, -0.25) is 9.59 Å². The summed E-state index contributed by atoms with van der Waals surface area (Å²) >= 11 is 0. The Morgan fingerprint density at radius 1 is 1.00 bits per heavy atom. The van der Waals surface area contributed by atoms with Gasteiger partial charge in [-0.15, -0.1) is 0 Å². The van der Waals surface area contributed by atoms with Crippen molar-refractivity contribution < 1.29 is 33.8 Å². The molecule has 34 heavy (non-hydrogen) atoms. The summed E-state index contributed by atoms with van der Waals surface area (Å²) in [5.41, 5.74) is 0.880. The first-order valence-electron chi connectivity index (χ1n) is 11.4. The van der Waals surface area contributed by atoms with E-state index in [1.54, 1.807) is 42.5 Å². The number of methoxy groups -OCH3 is 1. The van der Waals surface area contributed by atoms with E-state index in [-0.39, 0.29) is 5.57 Å². The molecule has 2 aromatic rings. The lowest BCUT2D eigenvalue weighted by molar-refractivity contribution is -0.857. The maximum absolute atomic E-state index is 13.5. The molecule has 0 spiro atoms. The van der Waals surface area contributed by atoms with Gasteiger partial charge in [-0.2, -0.15) is 0 Å². The van der Waals surface area contributed by atoms with Crippen molar-refractivity contribution in [2.24, 2.45) is 0 Å². The molecule has 0 bridgehead atoms. The van der Waals surface area contributed by atoms with Crippen LogP contribution in [0.2, 0.25) is 0 Å². The summed E-state index contributed by atoms with van der Waals surface area (Å²) in [5, 5.41) is 13.5. The zero-order valence-corrected chi connectivity index (χ0v) is 20.3. The molecule has 1 saturated heterocycles. The van der Waals surface area contributed by atoms with Crippen molar-refractivity contribution in [2.75, 3.05) is 47.5 Å². The zero-order valence-electron chi connectivity index (χ0n) is 20.3. The molecular formula is C26H32N2O6. The quantitative estimate of drug-likeness (QED) is 0.316. The fourth-order valence-corrected chi connectivity index (χ4v) is 3.93. The third-order valence-electron chi connectivity index (χ3n) is 5.62. The van der Waals surface area contributed by atoms with Crippen LogP contribution in [0.5, 0.6) is 17.2 Å². The van der Waals surface area contributed by atoms with Gasteiger partial charge in [0, 0.05) is 5.57 Å². The highest BCUT2D eigenvalue weighted by Gasteiger charge is 2.44. The summed E-state index contributed by atoms with van der Waals surface area (Å²) in [4.78, 5) is 28.8. The SMILES string of the molecule is CCOc1ccc(C2C(=C([O-])c3ccc(OC)cc3)C(=O)C(=O)N2CC[NH+](C)C)cc1OCC. The van der Waals surface area contributed by atoms with Crippen molar-refractivity contribution in [2.45, 2.75) is 19.9 Å². The second kappa shape index (κ2) is 11.1. The number of likely N-dealkylation sites (tertiary alicyclic amines) is 1. The van der Waals surface area contributed by atoms with Crippen molar-refractivity contribution in [3.05, 3.63) is 59.2 Å². The number of ether oxygens (including phenoxy) is 3. The molecule has 182 valence electrons. The van der Waals surface area contributed by atoms with Gasteiger partial charge in [0.15, 0.2) is 11.5 Å². The van der Waals surface area contributed by atoms with E-state index in [0.717, 1.165) is 4.90 Å². The zero-order chi connectivity index (χ0) is 24.8. The Hall–Kier alpha value is -3.52. The molecule has 0 saturated carbocycles. The predicted molar refractivity (Wildman–Crippen MR) is 126 cm³/mol. The molecule has 0 aromatic heterocycles. The standard InChI is InChI=1S/C26H32N2O6/c1-6-33-20-13-10-18(16-21(20)34-7-2)23-22(24(29)17-8-11-19(32-5)12-9-17)25(30)26(31)28(23)15-14-27(3)4/h8-13,16,23,29H,6-7,14-15H2,1-5H3. The molecule has 1 heterocycles. The van der Waals surface area contributed by atoms with E-state index in [1.807, 2.05) is 27.9 Å². The summed E-state index contributed by atoms with van der Waals surface area (Å²) in [6.45, 7) is 5.57. The molecular weight excluding hydrogens is 436 g/mol. The van der Waals surface area contributed by atoms with Gasteiger partial charge < -0.3 is 29.1 Å². The normalized spacial score (nSPS) is 17.4. The number of hydrogen-bond donors (Lipinski definition) is 1. The highest BCUT2D eigenvalue weighted by molar-refractivity contribution is 6.46. The summed E-state index contributed by atoms with van der Waals surface area (Å²) < 4.78 is 16.6. The van der Waals surface area contributed by atoms with E-state index in [4.69, 9.17) is 14.2 Å². The number of benzene rings is 2. The van der Waals surface area contributed by atoms with Crippen molar-refractivity contribution in [3.63, 3.8) is 0 Å². The molecule has 1 atom stereocenters. The van der Waals surface area contributed by atoms with E-state index < -0.39 is 23.5 Å². The summed E-state index contributed by atoms with van der Waals surface area (Å²) in [7, 11) is 5.47. The largest absolute Gasteiger partial charge is 0.872 e. The van der Waals surface area contributed by atoms with E-state index in [1.165, 1.54) is 12.0 Å². The number of hydrogen-bond acceptors (Lipinski definition) is 6. The molecule has 1 N–H and O–H groups in total. The topological polar surface area (TPSA) is 92.6 Å². The van der Waals surface area contributed by atoms with Crippen LogP contribution in [0.25, 0.3) is 5.76 Å². The molecule has 3 rings (SSSR count). The van der Waals surface area contributed by atoms with Crippen molar-refractivity contribution in [3.8, 4) is 17.2 Å². The highest BCUT2D eigenvalue weighted by Crippen LogP contribution is 2.41. The summed E-state index contributed by atoms with van der Waals surface area (Å²) in [6.07, 6.45) is 0. The highest BCUT2D eigenvalue weighted by atomic mass is 16.5. The Labute approximate surface area is 200 Å². The number of ketones is 1. The Bertz CT molecular complexity index is 1060. The monoisotopic (exact) mass is 468 g/mol. The lowest BCUT2D eigenvalue weighted by atomic mass is 9.95. The number of quaternary nitrogens is 1. The van der Waals surface area contributed by atoms with Crippen LogP contribution in [-0.2, 0) is 9.59 Å². The van der Waals surface area contributed by atoms with Gasteiger partial charge in [-0.05, 0) is 49.2 Å². The predicted octanol–water partition coefficient (Wildman–Crippen LogP) is 0.861. The lowest BCUT2D eigenvalue weighted by Crippen LogP contribution is -3.06. The molecule has 1 aliphatic heterocycles. The molecule has 8 nitrogen and oxygen atoms in total. The second-order valence-electron chi connectivity index (χ2n) is 8.23. The first kappa shape index (κ1) is 25.1. The van der Waals surface area contributed by atoms with Crippen molar-refractivity contribution in [1.29, 1.82) is 0 Å². The molecule has 1 unspecified atom stereocenters. The smallest absolute Gasteiger partial charge is 0.295 e. The Morgan fingerprint density at radius 3 is 2.24 bits per heavy atom. The molecule has 2 aromatic carbocycles. The van der Waals surface area contributed by atoms with Crippen LogP contribution in [-0.4, -0.2) is 64.1 Å². The first-order chi connectivity index (χ1) is 16.3. The maximum atomic E-state index is 13.5. The molecule has 1 aliphatic rings.